The lowest BCUT2D eigenvalue weighted by Gasteiger charge is -2.39. The highest BCUT2D eigenvalue weighted by molar-refractivity contribution is 5.65. The van der Waals surface area contributed by atoms with E-state index in [2.05, 4.69) is 47.6 Å². The van der Waals surface area contributed by atoms with Gasteiger partial charge in [-0.05, 0) is 42.5 Å². The van der Waals surface area contributed by atoms with Crippen LogP contribution >= 0.6 is 0 Å². The van der Waals surface area contributed by atoms with Crippen molar-refractivity contribution in [1.29, 1.82) is 0 Å². The number of allylic oxidation sites excluding steroid dienone is 1. The molecule has 1 unspecified atom stereocenters. The zero-order chi connectivity index (χ0) is 26.0. The van der Waals surface area contributed by atoms with Gasteiger partial charge in [0.05, 0.1) is 41.7 Å². The van der Waals surface area contributed by atoms with Crippen LogP contribution in [0.2, 0.25) is 0 Å². The number of aromatic nitrogens is 8. The summed E-state index contributed by atoms with van der Waals surface area (Å²) in [6.45, 7) is 0. The van der Waals surface area contributed by atoms with E-state index in [-0.39, 0.29) is 11.9 Å². The van der Waals surface area contributed by atoms with Crippen molar-refractivity contribution in [1.82, 2.24) is 44.8 Å². The minimum absolute atomic E-state index is 0.207. The predicted molar refractivity (Wildman–Crippen MR) is 134 cm³/mol. The van der Waals surface area contributed by atoms with E-state index >= 15 is 0 Å². The van der Waals surface area contributed by atoms with Gasteiger partial charge in [0.2, 0.25) is 5.89 Å². The first-order chi connectivity index (χ1) is 18.4. The van der Waals surface area contributed by atoms with Gasteiger partial charge in [-0.15, -0.1) is 5.10 Å². The molecule has 2 atom stereocenters. The minimum atomic E-state index is -1.14. The number of hydrogen-bond acceptors (Lipinski definition) is 7. The summed E-state index contributed by atoms with van der Waals surface area (Å²) in [5, 5.41) is 12.7. The number of imidazole rings is 1. The largest absolute Gasteiger partial charge is 0.436 e. The predicted octanol–water partition coefficient (Wildman–Crippen LogP) is 2.50. The summed E-state index contributed by atoms with van der Waals surface area (Å²) in [5.74, 6) is -0.0949. The minimum Gasteiger partial charge on any atom is -0.389 e. The van der Waals surface area contributed by atoms with E-state index in [1.807, 2.05) is 13.2 Å². The number of aryl methyl sites for hydroxylation is 3. The van der Waals surface area contributed by atoms with E-state index in [1.54, 1.807) is 30.2 Å². The number of nitrogens with zero attached hydrogens (tertiary/aromatic N) is 6. The van der Waals surface area contributed by atoms with Crippen LogP contribution in [0, 0.1) is 5.82 Å². The SMILES string of the molecule is Cn1cc(C2(c3nn(C)c(=O)o3)N[C@@H](c3ncc(-c4ccc(F)cn4)[nH]3)Cc3c2[nH]c2c3C=CCC2)cn1. The topological polar surface area (TPSA) is 135 Å². The fourth-order valence-electron chi connectivity index (χ4n) is 5.53. The molecule has 1 aliphatic carbocycles. The third kappa shape index (κ3) is 3.33. The lowest BCUT2D eigenvalue weighted by Crippen LogP contribution is -2.51. The fourth-order valence-corrected chi connectivity index (χ4v) is 5.53. The maximum atomic E-state index is 13.4. The number of pyridine rings is 1. The standard InChI is InChI=1S/C26H24FN9O2/c1-35-13-14(10-30-35)26(24-34-36(2)25(37)38-24)22-17(16-5-3-4-6-18(16)31-22)9-20(33-26)23-29-12-21(32-23)19-8-7-15(27)11-28-19/h3,5,7-8,10-13,20,31,33H,4,6,9H2,1-2H3,(H,29,32)/t20-,26?/m1/s1. The molecular formula is C26H24FN9O2. The molecule has 6 heterocycles. The van der Waals surface area contributed by atoms with Gasteiger partial charge in [0, 0.05) is 31.5 Å². The maximum Gasteiger partial charge on any atom is 0.436 e. The molecule has 192 valence electrons. The molecule has 0 amide bonds. The van der Waals surface area contributed by atoms with Gasteiger partial charge in [-0.3, -0.25) is 15.0 Å². The van der Waals surface area contributed by atoms with Crippen molar-refractivity contribution >= 4 is 6.08 Å². The number of H-pyrrole nitrogens is 2. The number of aromatic amines is 2. The van der Waals surface area contributed by atoms with Gasteiger partial charge in [0.1, 0.15) is 11.6 Å². The molecule has 5 aromatic heterocycles. The molecule has 3 N–H and O–H groups in total. The van der Waals surface area contributed by atoms with Gasteiger partial charge in [-0.2, -0.15) is 9.78 Å². The Morgan fingerprint density at radius 1 is 1.16 bits per heavy atom. The van der Waals surface area contributed by atoms with Gasteiger partial charge in [-0.1, -0.05) is 12.2 Å². The average molecular weight is 514 g/mol. The Bertz CT molecular complexity index is 1750. The third-order valence-corrected chi connectivity index (χ3v) is 7.32. The van der Waals surface area contributed by atoms with E-state index in [1.165, 1.54) is 16.9 Å². The molecular weight excluding hydrogens is 489 g/mol. The molecule has 12 heteroatoms. The molecule has 0 saturated carbocycles. The molecule has 0 fully saturated rings. The summed E-state index contributed by atoms with van der Waals surface area (Å²) in [7, 11) is 3.40. The van der Waals surface area contributed by atoms with Crippen LogP contribution in [0.5, 0.6) is 0 Å². The quantitative estimate of drug-likeness (QED) is 0.336. The second-order valence-electron chi connectivity index (χ2n) is 9.71. The molecule has 0 saturated heterocycles. The Labute approximate surface area is 215 Å². The summed E-state index contributed by atoms with van der Waals surface area (Å²) >= 11 is 0. The van der Waals surface area contributed by atoms with E-state index in [0.717, 1.165) is 40.9 Å². The van der Waals surface area contributed by atoms with Crippen LogP contribution in [-0.4, -0.2) is 39.5 Å². The maximum absolute atomic E-state index is 13.4. The van der Waals surface area contributed by atoms with Crippen molar-refractivity contribution in [2.24, 2.45) is 14.1 Å². The van der Waals surface area contributed by atoms with Crippen molar-refractivity contribution in [2.75, 3.05) is 0 Å². The smallest absolute Gasteiger partial charge is 0.389 e. The highest BCUT2D eigenvalue weighted by Crippen LogP contribution is 2.46. The molecule has 1 aliphatic heterocycles. The highest BCUT2D eigenvalue weighted by Gasteiger charge is 2.51. The first-order valence-electron chi connectivity index (χ1n) is 12.3. The zero-order valence-corrected chi connectivity index (χ0v) is 20.7. The molecule has 38 heavy (non-hydrogen) atoms. The summed E-state index contributed by atoms with van der Waals surface area (Å²) in [6.07, 6.45) is 13.3. The number of rotatable bonds is 4. The van der Waals surface area contributed by atoms with Crippen molar-refractivity contribution < 1.29 is 8.81 Å². The lowest BCUT2D eigenvalue weighted by molar-refractivity contribution is 0.283. The van der Waals surface area contributed by atoms with Crippen molar-refractivity contribution in [3.63, 3.8) is 0 Å². The first kappa shape index (κ1) is 22.6. The molecule has 0 aromatic carbocycles. The van der Waals surface area contributed by atoms with Crippen LogP contribution in [0.15, 0.2) is 52.2 Å². The fraction of sp³-hybridized carbons (Fsp3) is 0.269. The van der Waals surface area contributed by atoms with E-state index in [0.29, 0.717) is 23.6 Å². The van der Waals surface area contributed by atoms with Crippen LogP contribution in [0.4, 0.5) is 4.39 Å². The van der Waals surface area contributed by atoms with Crippen molar-refractivity contribution in [3.8, 4) is 11.4 Å². The van der Waals surface area contributed by atoms with Crippen LogP contribution in [0.1, 0.15) is 52.3 Å². The molecule has 11 nitrogen and oxygen atoms in total. The summed E-state index contributed by atoms with van der Waals surface area (Å²) in [6, 6.07) is 2.65. The number of fused-ring (bicyclic) bond motifs is 3. The van der Waals surface area contributed by atoms with E-state index < -0.39 is 17.1 Å². The Hall–Kier alpha value is -4.58. The van der Waals surface area contributed by atoms with Gasteiger partial charge >= 0.3 is 5.76 Å². The summed E-state index contributed by atoms with van der Waals surface area (Å²) in [5.41, 5.74) is 5.10. The van der Waals surface area contributed by atoms with Crippen molar-refractivity contribution in [3.05, 3.63) is 99.2 Å². The van der Waals surface area contributed by atoms with Gasteiger partial charge < -0.3 is 14.4 Å². The molecule has 0 spiro atoms. The normalized spacial score (nSPS) is 20.4. The van der Waals surface area contributed by atoms with Crippen LogP contribution in [-0.2, 0) is 32.5 Å². The second kappa shape index (κ2) is 8.21. The van der Waals surface area contributed by atoms with Gasteiger partial charge in [-0.25, -0.2) is 14.2 Å². The van der Waals surface area contributed by atoms with Crippen LogP contribution < -0.4 is 11.1 Å². The second-order valence-corrected chi connectivity index (χ2v) is 9.71. The van der Waals surface area contributed by atoms with E-state index in [9.17, 15) is 9.18 Å². The Balaban J connectivity index is 1.44. The Morgan fingerprint density at radius 3 is 2.79 bits per heavy atom. The summed E-state index contributed by atoms with van der Waals surface area (Å²) in [4.78, 5) is 28.4. The number of hydrogen-bond donors (Lipinski definition) is 3. The van der Waals surface area contributed by atoms with Gasteiger partial charge in [0.25, 0.3) is 0 Å². The first-order valence-corrected chi connectivity index (χ1v) is 12.3. The number of nitrogens with one attached hydrogen (secondary N) is 3. The molecule has 0 radical (unpaired) electrons. The Morgan fingerprint density at radius 2 is 2.05 bits per heavy atom. The highest BCUT2D eigenvalue weighted by atomic mass is 19.1. The van der Waals surface area contributed by atoms with Crippen LogP contribution in [0.3, 0.4) is 0 Å². The number of halogens is 1. The molecule has 7 rings (SSSR count). The van der Waals surface area contributed by atoms with Gasteiger partial charge in [0.15, 0.2) is 5.54 Å². The summed E-state index contributed by atoms with van der Waals surface area (Å²) < 4.78 is 22.1. The Kier molecular flexibility index (Phi) is 4.89. The zero-order valence-electron chi connectivity index (χ0n) is 20.7. The van der Waals surface area contributed by atoms with Crippen molar-refractivity contribution in [2.45, 2.75) is 30.8 Å². The molecule has 2 aliphatic rings. The van der Waals surface area contributed by atoms with E-state index in [4.69, 9.17) is 4.42 Å². The average Bonchev–Trinajstić information content (AvgIpc) is 3.71. The molecule has 0 bridgehead atoms. The lowest BCUT2D eigenvalue weighted by atomic mass is 9.79. The third-order valence-electron chi connectivity index (χ3n) is 7.32. The molecule has 5 aromatic rings. The van der Waals surface area contributed by atoms with Crippen LogP contribution in [0.25, 0.3) is 17.5 Å². The monoisotopic (exact) mass is 513 g/mol.